The number of carbonyl (C=O) groups is 1. The van der Waals surface area contributed by atoms with Crippen molar-refractivity contribution in [2.75, 3.05) is 11.9 Å². The molecule has 0 unspecified atom stereocenters. The van der Waals surface area contributed by atoms with E-state index in [9.17, 15) is 4.79 Å². The molecule has 0 aliphatic heterocycles. The van der Waals surface area contributed by atoms with Gasteiger partial charge in [0.25, 0.3) is 5.91 Å². The molecule has 1 amide bonds. The van der Waals surface area contributed by atoms with E-state index in [2.05, 4.69) is 25.6 Å². The van der Waals surface area contributed by atoms with Crippen molar-refractivity contribution >= 4 is 17.4 Å². The van der Waals surface area contributed by atoms with Gasteiger partial charge in [0.2, 0.25) is 5.88 Å². The first-order valence-corrected chi connectivity index (χ1v) is 9.87. The zero-order valence-corrected chi connectivity index (χ0v) is 16.7. The first-order valence-electron chi connectivity index (χ1n) is 9.87. The highest BCUT2D eigenvalue weighted by molar-refractivity contribution is 5.96. The Kier molecular flexibility index (Phi) is 6.45. The van der Waals surface area contributed by atoms with Gasteiger partial charge in [-0.25, -0.2) is 9.97 Å². The van der Waals surface area contributed by atoms with Gasteiger partial charge in [-0.15, -0.1) is 0 Å². The van der Waals surface area contributed by atoms with Crippen molar-refractivity contribution in [1.82, 2.24) is 20.3 Å². The van der Waals surface area contributed by atoms with E-state index in [1.54, 1.807) is 30.7 Å². The number of carbonyl (C=O) groups excluding carboxylic acids is 1. The van der Waals surface area contributed by atoms with Crippen LogP contribution in [0.1, 0.15) is 16.1 Å². The monoisotopic (exact) mass is 411 g/mol. The Morgan fingerprint density at radius 2 is 1.58 bits per heavy atom. The highest BCUT2D eigenvalue weighted by Crippen LogP contribution is 2.25. The molecule has 4 aromatic rings. The highest BCUT2D eigenvalue weighted by atomic mass is 16.5. The van der Waals surface area contributed by atoms with Crippen LogP contribution in [0.25, 0.3) is 0 Å². The van der Waals surface area contributed by atoms with Crippen LogP contribution in [0, 0.1) is 0 Å². The Bertz CT molecular complexity index is 1120. The zero-order valence-electron chi connectivity index (χ0n) is 16.7. The van der Waals surface area contributed by atoms with Gasteiger partial charge in [-0.1, -0.05) is 12.1 Å². The van der Waals surface area contributed by atoms with Crippen LogP contribution in [0.4, 0.5) is 11.5 Å². The van der Waals surface area contributed by atoms with Gasteiger partial charge in [0.05, 0.1) is 0 Å². The summed E-state index contributed by atoms with van der Waals surface area (Å²) in [6.45, 7) is 0.470. The second-order valence-electron chi connectivity index (χ2n) is 6.65. The molecule has 2 N–H and O–H groups in total. The Hall–Kier alpha value is -4.26. The molecule has 3 aromatic heterocycles. The molecule has 7 nitrogen and oxygen atoms in total. The van der Waals surface area contributed by atoms with Gasteiger partial charge >= 0.3 is 0 Å². The number of nitrogens with one attached hydrogen (secondary N) is 2. The number of anilines is 2. The first-order chi connectivity index (χ1) is 15.3. The summed E-state index contributed by atoms with van der Waals surface area (Å²) in [6, 6.07) is 22.1. The van der Waals surface area contributed by atoms with Gasteiger partial charge in [-0.2, -0.15) is 0 Å². The third-order valence-corrected chi connectivity index (χ3v) is 4.41. The third kappa shape index (κ3) is 5.63. The van der Waals surface area contributed by atoms with E-state index in [0.717, 1.165) is 17.2 Å². The molecule has 0 saturated heterocycles. The third-order valence-electron chi connectivity index (χ3n) is 4.41. The highest BCUT2D eigenvalue weighted by Gasteiger charge is 2.14. The largest absolute Gasteiger partial charge is 0.438 e. The van der Waals surface area contributed by atoms with Gasteiger partial charge < -0.3 is 15.4 Å². The number of nitrogens with zero attached hydrogens (tertiary/aromatic N) is 3. The van der Waals surface area contributed by atoms with E-state index in [4.69, 9.17) is 4.74 Å². The van der Waals surface area contributed by atoms with E-state index >= 15 is 0 Å². The summed E-state index contributed by atoms with van der Waals surface area (Å²) in [5.41, 5.74) is 2.17. The van der Waals surface area contributed by atoms with Crippen molar-refractivity contribution in [3.63, 3.8) is 0 Å². The fraction of sp³-hybridized carbons (Fsp3) is 0.0833. The Labute approximate surface area is 180 Å². The molecule has 154 valence electrons. The maximum absolute atomic E-state index is 12.6. The fourth-order valence-corrected chi connectivity index (χ4v) is 2.89. The molecule has 0 aliphatic carbocycles. The Morgan fingerprint density at radius 1 is 0.806 bits per heavy atom. The molecule has 0 fully saturated rings. The van der Waals surface area contributed by atoms with Crippen molar-refractivity contribution in [2.24, 2.45) is 0 Å². The van der Waals surface area contributed by atoms with E-state index in [1.807, 2.05) is 60.7 Å². The maximum Gasteiger partial charge on any atom is 0.256 e. The molecular weight excluding hydrogens is 390 g/mol. The van der Waals surface area contributed by atoms with Crippen LogP contribution < -0.4 is 15.4 Å². The van der Waals surface area contributed by atoms with E-state index in [-0.39, 0.29) is 11.8 Å². The molecule has 0 aliphatic rings. The number of pyridine rings is 3. The molecule has 1 aromatic carbocycles. The van der Waals surface area contributed by atoms with Crippen LogP contribution in [-0.2, 0) is 6.42 Å². The van der Waals surface area contributed by atoms with Crippen LogP contribution in [0.2, 0.25) is 0 Å². The summed E-state index contributed by atoms with van der Waals surface area (Å²) in [6.07, 6.45) is 5.70. The zero-order chi connectivity index (χ0) is 21.3. The number of hydrogen-bond acceptors (Lipinski definition) is 6. The van der Waals surface area contributed by atoms with Gasteiger partial charge in [0.15, 0.2) is 0 Å². The van der Waals surface area contributed by atoms with Gasteiger partial charge in [0.1, 0.15) is 17.1 Å². The average molecular weight is 411 g/mol. The fourth-order valence-electron chi connectivity index (χ4n) is 2.89. The molecular formula is C24H21N5O2. The lowest BCUT2D eigenvalue weighted by Gasteiger charge is -2.11. The van der Waals surface area contributed by atoms with E-state index in [0.29, 0.717) is 24.3 Å². The minimum atomic E-state index is -0.243. The molecule has 7 heteroatoms. The lowest BCUT2D eigenvalue weighted by molar-refractivity contribution is 0.0951. The van der Waals surface area contributed by atoms with Gasteiger partial charge in [0, 0.05) is 42.9 Å². The molecule has 0 radical (unpaired) electrons. The number of amides is 1. The van der Waals surface area contributed by atoms with Crippen LogP contribution in [0.15, 0.2) is 91.4 Å². The maximum atomic E-state index is 12.6. The van der Waals surface area contributed by atoms with Gasteiger partial charge in [-0.3, -0.25) is 9.78 Å². The summed E-state index contributed by atoms with van der Waals surface area (Å²) in [5.74, 6) is 1.34. The molecule has 4 rings (SSSR count). The molecule has 31 heavy (non-hydrogen) atoms. The van der Waals surface area contributed by atoms with Gasteiger partial charge in [-0.05, 0) is 60.7 Å². The minimum absolute atomic E-state index is 0.243. The lowest BCUT2D eigenvalue weighted by Crippen LogP contribution is -2.26. The SMILES string of the molecule is O=C(NCCc1ccccn1)c1cccnc1Oc1ccc(Nc2ccccn2)cc1. The summed E-state index contributed by atoms with van der Waals surface area (Å²) in [7, 11) is 0. The summed E-state index contributed by atoms with van der Waals surface area (Å²) < 4.78 is 5.87. The predicted molar refractivity (Wildman–Crippen MR) is 119 cm³/mol. The summed E-state index contributed by atoms with van der Waals surface area (Å²) in [5, 5.41) is 6.10. The quantitative estimate of drug-likeness (QED) is 0.447. The number of ether oxygens (including phenoxy) is 1. The molecule has 0 bridgehead atoms. The molecule has 0 spiro atoms. The second-order valence-corrected chi connectivity index (χ2v) is 6.65. The smallest absolute Gasteiger partial charge is 0.256 e. The van der Waals surface area contributed by atoms with Crippen LogP contribution >= 0.6 is 0 Å². The van der Waals surface area contributed by atoms with Crippen molar-refractivity contribution < 1.29 is 9.53 Å². The first kappa shape index (κ1) is 20.0. The lowest BCUT2D eigenvalue weighted by atomic mass is 10.2. The number of hydrogen-bond donors (Lipinski definition) is 2. The standard InChI is InChI=1S/C24H21N5O2/c30-23(27-17-13-18-6-1-3-14-25-18)21-7-5-16-28-24(21)31-20-11-9-19(10-12-20)29-22-8-2-4-15-26-22/h1-12,14-16H,13,17H2,(H,26,29)(H,27,30). The molecule has 0 atom stereocenters. The van der Waals surface area contributed by atoms with E-state index < -0.39 is 0 Å². The average Bonchev–Trinajstić information content (AvgIpc) is 2.82. The van der Waals surface area contributed by atoms with E-state index in [1.165, 1.54) is 0 Å². The Balaban J connectivity index is 1.38. The van der Waals surface area contributed by atoms with Crippen molar-refractivity contribution in [3.05, 3.63) is 103 Å². The molecule has 3 heterocycles. The summed E-state index contributed by atoms with van der Waals surface area (Å²) >= 11 is 0. The van der Waals surface area contributed by atoms with Crippen molar-refractivity contribution in [1.29, 1.82) is 0 Å². The number of aromatic nitrogens is 3. The van der Waals surface area contributed by atoms with Crippen LogP contribution in [-0.4, -0.2) is 27.4 Å². The normalized spacial score (nSPS) is 10.3. The van der Waals surface area contributed by atoms with Crippen molar-refractivity contribution in [2.45, 2.75) is 6.42 Å². The minimum Gasteiger partial charge on any atom is -0.438 e. The number of rotatable bonds is 8. The van der Waals surface area contributed by atoms with Crippen molar-refractivity contribution in [3.8, 4) is 11.6 Å². The van der Waals surface area contributed by atoms with Crippen LogP contribution in [0.5, 0.6) is 11.6 Å². The summed E-state index contributed by atoms with van der Waals surface area (Å²) in [4.78, 5) is 25.4. The molecule has 0 saturated carbocycles. The number of benzene rings is 1. The topological polar surface area (TPSA) is 89.0 Å². The Morgan fingerprint density at radius 3 is 2.32 bits per heavy atom. The second kappa shape index (κ2) is 9.98. The predicted octanol–water partition coefficient (Wildman–Crippen LogP) is 4.38. The van der Waals surface area contributed by atoms with Crippen LogP contribution in [0.3, 0.4) is 0 Å².